The Bertz CT molecular complexity index is 539. The minimum Gasteiger partial charge on any atom is -0.382 e. The normalized spacial score (nSPS) is 13.0. The molecule has 1 unspecified atom stereocenters. The molecule has 2 rings (SSSR count). The molecular weight excluding hydrogens is 252 g/mol. The second kappa shape index (κ2) is 5.04. The van der Waals surface area contributed by atoms with Crippen LogP contribution in [0.15, 0.2) is 18.6 Å². The number of rotatable bonds is 3. The lowest BCUT2D eigenvalue weighted by atomic mass is 10.0. The molecule has 96 valence electrons. The van der Waals surface area contributed by atoms with Crippen LogP contribution in [0.2, 0.25) is 5.15 Å². The molecule has 2 heterocycles. The summed E-state index contributed by atoms with van der Waals surface area (Å²) in [5, 5.41) is 15.1. The third-order valence-electron chi connectivity index (χ3n) is 2.72. The minimum atomic E-state index is -0.905. The van der Waals surface area contributed by atoms with Crippen molar-refractivity contribution in [3.05, 3.63) is 40.7 Å². The number of aliphatic hydroxyl groups excluding tert-OH is 1. The van der Waals surface area contributed by atoms with Crippen molar-refractivity contribution in [2.75, 3.05) is 0 Å². The number of nitrogens with zero attached hydrogens (tertiary/aromatic N) is 4. The van der Waals surface area contributed by atoms with Gasteiger partial charge in [0, 0.05) is 25.0 Å². The standard InChI is InChI=1S/C12H15ClN4O/c1-7(2)10-9(12(13)17(3)16-10)11(18)8-6-14-4-5-15-8/h4-7,11,18H,1-3H3. The number of halogens is 1. The zero-order valence-corrected chi connectivity index (χ0v) is 11.3. The predicted molar refractivity (Wildman–Crippen MR) is 68.4 cm³/mol. The van der Waals surface area contributed by atoms with Crippen LogP contribution in [0.4, 0.5) is 0 Å². The largest absolute Gasteiger partial charge is 0.382 e. The van der Waals surface area contributed by atoms with Crippen LogP contribution in [0, 0.1) is 0 Å². The summed E-state index contributed by atoms with van der Waals surface area (Å²) in [7, 11) is 1.75. The summed E-state index contributed by atoms with van der Waals surface area (Å²) >= 11 is 6.20. The molecule has 0 aliphatic rings. The van der Waals surface area contributed by atoms with E-state index in [0.29, 0.717) is 16.4 Å². The molecule has 0 aromatic carbocycles. The molecule has 2 aromatic rings. The Morgan fingerprint density at radius 2 is 2.06 bits per heavy atom. The van der Waals surface area contributed by atoms with Gasteiger partial charge in [-0.15, -0.1) is 0 Å². The molecule has 0 aliphatic carbocycles. The van der Waals surface area contributed by atoms with E-state index >= 15 is 0 Å². The summed E-state index contributed by atoms with van der Waals surface area (Å²) in [4.78, 5) is 8.05. The van der Waals surface area contributed by atoms with Crippen LogP contribution in [0.3, 0.4) is 0 Å². The third kappa shape index (κ3) is 2.23. The lowest BCUT2D eigenvalue weighted by Crippen LogP contribution is -2.06. The molecule has 0 saturated carbocycles. The fraction of sp³-hybridized carbons (Fsp3) is 0.417. The molecule has 0 spiro atoms. The van der Waals surface area contributed by atoms with Crippen molar-refractivity contribution in [1.29, 1.82) is 0 Å². The van der Waals surface area contributed by atoms with Gasteiger partial charge in [0.25, 0.3) is 0 Å². The quantitative estimate of drug-likeness (QED) is 0.924. The van der Waals surface area contributed by atoms with Crippen LogP contribution in [0.25, 0.3) is 0 Å². The SMILES string of the molecule is CC(C)c1nn(C)c(Cl)c1C(O)c1cnccn1. The van der Waals surface area contributed by atoms with E-state index in [0.717, 1.165) is 5.69 Å². The molecule has 0 saturated heterocycles. The van der Waals surface area contributed by atoms with Crippen molar-refractivity contribution in [3.63, 3.8) is 0 Å². The zero-order valence-electron chi connectivity index (χ0n) is 10.5. The Morgan fingerprint density at radius 3 is 2.61 bits per heavy atom. The van der Waals surface area contributed by atoms with E-state index in [1.807, 2.05) is 13.8 Å². The number of aliphatic hydroxyl groups is 1. The van der Waals surface area contributed by atoms with E-state index in [1.54, 1.807) is 17.9 Å². The molecule has 2 aromatic heterocycles. The Hall–Kier alpha value is -1.46. The van der Waals surface area contributed by atoms with Crippen molar-refractivity contribution in [2.24, 2.45) is 7.05 Å². The van der Waals surface area contributed by atoms with E-state index in [-0.39, 0.29) is 5.92 Å². The van der Waals surface area contributed by atoms with Gasteiger partial charge < -0.3 is 5.11 Å². The van der Waals surface area contributed by atoms with E-state index in [9.17, 15) is 5.11 Å². The van der Waals surface area contributed by atoms with Gasteiger partial charge in [-0.05, 0) is 5.92 Å². The molecule has 1 N–H and O–H groups in total. The second-order valence-corrected chi connectivity index (χ2v) is 4.76. The number of hydrogen-bond acceptors (Lipinski definition) is 4. The lowest BCUT2D eigenvalue weighted by molar-refractivity contribution is 0.213. The zero-order chi connectivity index (χ0) is 13.3. The first kappa shape index (κ1) is 13.0. The van der Waals surface area contributed by atoms with E-state index in [1.165, 1.54) is 12.4 Å². The molecule has 0 amide bonds. The maximum atomic E-state index is 10.4. The molecular formula is C12H15ClN4O. The third-order valence-corrected chi connectivity index (χ3v) is 3.17. The van der Waals surface area contributed by atoms with Gasteiger partial charge in [0.05, 0.1) is 17.6 Å². The van der Waals surface area contributed by atoms with Crippen molar-refractivity contribution in [1.82, 2.24) is 19.7 Å². The maximum absolute atomic E-state index is 10.4. The topological polar surface area (TPSA) is 63.8 Å². The summed E-state index contributed by atoms with van der Waals surface area (Å²) in [6.45, 7) is 4.01. The van der Waals surface area contributed by atoms with E-state index < -0.39 is 6.10 Å². The van der Waals surface area contributed by atoms with Gasteiger partial charge in [-0.2, -0.15) is 5.10 Å². The van der Waals surface area contributed by atoms with Crippen LogP contribution in [0.1, 0.15) is 42.8 Å². The summed E-state index contributed by atoms with van der Waals surface area (Å²) in [6.07, 6.45) is 3.72. The molecule has 5 nitrogen and oxygen atoms in total. The molecule has 0 fully saturated rings. The van der Waals surface area contributed by atoms with E-state index in [2.05, 4.69) is 15.1 Å². The monoisotopic (exact) mass is 266 g/mol. The van der Waals surface area contributed by atoms with Crippen molar-refractivity contribution in [2.45, 2.75) is 25.9 Å². The smallest absolute Gasteiger partial charge is 0.133 e. The van der Waals surface area contributed by atoms with Gasteiger partial charge >= 0.3 is 0 Å². The van der Waals surface area contributed by atoms with Crippen molar-refractivity contribution < 1.29 is 5.11 Å². The van der Waals surface area contributed by atoms with Crippen LogP contribution in [0.5, 0.6) is 0 Å². The van der Waals surface area contributed by atoms with E-state index in [4.69, 9.17) is 11.6 Å². The van der Waals surface area contributed by atoms with Crippen LogP contribution >= 0.6 is 11.6 Å². The molecule has 18 heavy (non-hydrogen) atoms. The maximum Gasteiger partial charge on any atom is 0.133 e. The molecule has 0 bridgehead atoms. The summed E-state index contributed by atoms with van der Waals surface area (Å²) in [5.74, 6) is 0.171. The van der Waals surface area contributed by atoms with Gasteiger partial charge in [0.1, 0.15) is 11.3 Å². The van der Waals surface area contributed by atoms with Gasteiger partial charge in [0.2, 0.25) is 0 Å². The average Bonchev–Trinajstić information content (AvgIpc) is 2.66. The average molecular weight is 267 g/mol. The number of aryl methyl sites for hydroxylation is 1. The van der Waals surface area contributed by atoms with Crippen molar-refractivity contribution in [3.8, 4) is 0 Å². The van der Waals surface area contributed by atoms with Crippen LogP contribution < -0.4 is 0 Å². The highest BCUT2D eigenvalue weighted by molar-refractivity contribution is 6.30. The van der Waals surface area contributed by atoms with Crippen LogP contribution in [-0.4, -0.2) is 24.9 Å². The number of aromatic nitrogens is 4. The Balaban J connectivity index is 2.50. The minimum absolute atomic E-state index is 0.171. The van der Waals surface area contributed by atoms with Gasteiger partial charge in [0.15, 0.2) is 0 Å². The van der Waals surface area contributed by atoms with Gasteiger partial charge in [-0.25, -0.2) is 0 Å². The molecule has 1 atom stereocenters. The second-order valence-electron chi connectivity index (χ2n) is 4.40. The molecule has 6 heteroatoms. The Kier molecular flexibility index (Phi) is 3.63. The first-order chi connectivity index (χ1) is 8.52. The lowest BCUT2D eigenvalue weighted by Gasteiger charge is -2.12. The fourth-order valence-corrected chi connectivity index (χ4v) is 2.06. The summed E-state index contributed by atoms with van der Waals surface area (Å²) in [5.41, 5.74) is 1.85. The first-order valence-corrected chi connectivity index (χ1v) is 6.06. The Morgan fingerprint density at radius 1 is 1.33 bits per heavy atom. The van der Waals surface area contributed by atoms with Gasteiger partial charge in [-0.1, -0.05) is 25.4 Å². The molecule has 0 radical (unpaired) electrons. The van der Waals surface area contributed by atoms with Crippen LogP contribution in [-0.2, 0) is 7.05 Å². The van der Waals surface area contributed by atoms with Gasteiger partial charge in [-0.3, -0.25) is 14.6 Å². The highest BCUT2D eigenvalue weighted by atomic mass is 35.5. The Labute approximate surface area is 110 Å². The summed E-state index contributed by atoms with van der Waals surface area (Å²) < 4.78 is 1.56. The molecule has 0 aliphatic heterocycles. The summed E-state index contributed by atoms with van der Waals surface area (Å²) in [6, 6.07) is 0. The fourth-order valence-electron chi connectivity index (χ4n) is 1.82. The highest BCUT2D eigenvalue weighted by Crippen LogP contribution is 2.33. The first-order valence-electron chi connectivity index (χ1n) is 5.68. The predicted octanol–water partition coefficient (Wildman–Crippen LogP) is 2.07. The number of hydrogen-bond donors (Lipinski definition) is 1. The van der Waals surface area contributed by atoms with Crippen molar-refractivity contribution >= 4 is 11.6 Å². The highest BCUT2D eigenvalue weighted by Gasteiger charge is 2.25.